The van der Waals surface area contributed by atoms with Gasteiger partial charge in [-0.3, -0.25) is 4.79 Å². The highest BCUT2D eigenvalue weighted by Gasteiger charge is 2.18. The van der Waals surface area contributed by atoms with Crippen molar-refractivity contribution in [1.29, 1.82) is 0 Å². The molecule has 1 aromatic heterocycles. The molecule has 3 nitrogen and oxygen atoms in total. The second kappa shape index (κ2) is 5.12. The van der Waals surface area contributed by atoms with Gasteiger partial charge in [-0.05, 0) is 49.9 Å². The van der Waals surface area contributed by atoms with Gasteiger partial charge < -0.3 is 0 Å². The molecular weight excluding hydrogens is 255 g/mol. The summed E-state index contributed by atoms with van der Waals surface area (Å²) in [6.07, 6.45) is 4.78. The molecule has 20 heavy (non-hydrogen) atoms. The second-order valence-electron chi connectivity index (χ2n) is 5.20. The van der Waals surface area contributed by atoms with Crippen molar-refractivity contribution in [3.63, 3.8) is 0 Å². The molecule has 0 radical (unpaired) electrons. The second-order valence-corrected chi connectivity index (χ2v) is 5.20. The minimum atomic E-state index is -0.297. The molecule has 1 aliphatic rings. The van der Waals surface area contributed by atoms with Crippen molar-refractivity contribution in [3.05, 3.63) is 47.0 Å². The quantitative estimate of drug-likeness (QED) is 0.745. The third kappa shape index (κ3) is 2.46. The Kier molecular flexibility index (Phi) is 3.30. The molecule has 102 valence electrons. The normalized spacial score (nSPS) is 14.8. The van der Waals surface area contributed by atoms with Crippen LogP contribution in [0.25, 0.3) is 11.4 Å². The van der Waals surface area contributed by atoms with Crippen molar-refractivity contribution in [2.75, 3.05) is 0 Å². The van der Waals surface area contributed by atoms with E-state index in [1.54, 1.807) is 6.20 Å². The Hall–Kier alpha value is -2.10. The van der Waals surface area contributed by atoms with Crippen LogP contribution in [-0.4, -0.2) is 15.8 Å². The van der Waals surface area contributed by atoms with Crippen LogP contribution in [0.3, 0.4) is 0 Å². The number of nitrogens with zero attached hydrogens (tertiary/aromatic N) is 2. The number of fused-ring (bicyclic) bond motifs is 1. The molecule has 0 unspecified atom stereocenters. The van der Waals surface area contributed by atoms with Gasteiger partial charge in [0, 0.05) is 18.2 Å². The molecule has 0 aliphatic heterocycles. The lowest BCUT2D eigenvalue weighted by molar-refractivity contribution is 0.0981. The SMILES string of the molecule is Cc1cc(F)cc(-c2ncc3c(n2)CCCCC3=O)c1. The van der Waals surface area contributed by atoms with Gasteiger partial charge in [-0.15, -0.1) is 0 Å². The summed E-state index contributed by atoms with van der Waals surface area (Å²) in [7, 11) is 0. The minimum absolute atomic E-state index is 0.111. The summed E-state index contributed by atoms with van der Waals surface area (Å²) in [6.45, 7) is 1.83. The smallest absolute Gasteiger partial charge is 0.166 e. The molecule has 0 fully saturated rings. The topological polar surface area (TPSA) is 42.9 Å². The van der Waals surface area contributed by atoms with Crippen LogP contribution in [-0.2, 0) is 6.42 Å². The highest BCUT2D eigenvalue weighted by molar-refractivity contribution is 5.97. The highest BCUT2D eigenvalue weighted by Crippen LogP contribution is 2.23. The van der Waals surface area contributed by atoms with Gasteiger partial charge in [0.05, 0.1) is 11.3 Å². The van der Waals surface area contributed by atoms with E-state index in [4.69, 9.17) is 0 Å². The number of ketones is 1. The first-order valence-electron chi connectivity index (χ1n) is 6.80. The van der Waals surface area contributed by atoms with Crippen LogP contribution in [0.1, 0.15) is 40.9 Å². The Bertz CT molecular complexity index is 662. The zero-order valence-corrected chi connectivity index (χ0v) is 11.3. The third-order valence-corrected chi connectivity index (χ3v) is 3.54. The van der Waals surface area contributed by atoms with E-state index >= 15 is 0 Å². The summed E-state index contributed by atoms with van der Waals surface area (Å²) in [5.41, 5.74) is 2.90. The monoisotopic (exact) mass is 270 g/mol. The zero-order valence-electron chi connectivity index (χ0n) is 11.3. The fourth-order valence-corrected chi connectivity index (χ4v) is 2.56. The van der Waals surface area contributed by atoms with Crippen LogP contribution < -0.4 is 0 Å². The van der Waals surface area contributed by atoms with Crippen molar-refractivity contribution in [2.45, 2.75) is 32.6 Å². The summed E-state index contributed by atoms with van der Waals surface area (Å²) < 4.78 is 13.5. The molecule has 2 aromatic rings. The van der Waals surface area contributed by atoms with Crippen molar-refractivity contribution >= 4 is 5.78 Å². The molecule has 3 rings (SSSR count). The van der Waals surface area contributed by atoms with Crippen LogP contribution in [0, 0.1) is 12.7 Å². The van der Waals surface area contributed by atoms with Gasteiger partial charge in [-0.25, -0.2) is 14.4 Å². The summed E-state index contributed by atoms with van der Waals surface area (Å²) in [5.74, 6) is 0.301. The maximum Gasteiger partial charge on any atom is 0.166 e. The van der Waals surface area contributed by atoms with Crippen LogP contribution in [0.4, 0.5) is 4.39 Å². The lowest BCUT2D eigenvalue weighted by atomic mass is 10.1. The van der Waals surface area contributed by atoms with E-state index in [1.807, 2.05) is 13.0 Å². The summed E-state index contributed by atoms with van der Waals surface area (Å²) in [6, 6.07) is 4.74. The summed E-state index contributed by atoms with van der Waals surface area (Å²) in [5, 5.41) is 0. The standard InChI is InChI=1S/C16H15FN2O/c1-10-6-11(8-12(17)7-10)16-18-9-13-14(19-16)4-2-3-5-15(13)20/h6-9H,2-5H2,1H3. The molecule has 4 heteroatoms. The Morgan fingerprint density at radius 3 is 2.75 bits per heavy atom. The van der Waals surface area contributed by atoms with Gasteiger partial charge in [-0.1, -0.05) is 0 Å². The molecule has 0 amide bonds. The molecule has 0 spiro atoms. The minimum Gasteiger partial charge on any atom is -0.294 e. The summed E-state index contributed by atoms with van der Waals surface area (Å²) in [4.78, 5) is 20.6. The van der Waals surface area contributed by atoms with Crippen molar-refractivity contribution in [2.24, 2.45) is 0 Å². The number of hydrogen-bond donors (Lipinski definition) is 0. The number of aryl methyl sites for hydroxylation is 2. The molecule has 0 saturated heterocycles. The van der Waals surface area contributed by atoms with Crippen molar-refractivity contribution in [1.82, 2.24) is 9.97 Å². The third-order valence-electron chi connectivity index (χ3n) is 3.54. The Morgan fingerprint density at radius 2 is 1.95 bits per heavy atom. The summed E-state index contributed by atoms with van der Waals surface area (Å²) >= 11 is 0. The average Bonchev–Trinajstić information content (AvgIpc) is 2.59. The Labute approximate surface area is 116 Å². The van der Waals surface area contributed by atoms with Crippen LogP contribution in [0.5, 0.6) is 0 Å². The predicted molar refractivity (Wildman–Crippen MR) is 74.0 cm³/mol. The highest BCUT2D eigenvalue weighted by atomic mass is 19.1. The molecule has 1 heterocycles. The fraction of sp³-hybridized carbons (Fsp3) is 0.312. The number of carbonyl (C=O) groups excluding carboxylic acids is 1. The lowest BCUT2D eigenvalue weighted by Crippen LogP contribution is -2.05. The first-order chi connectivity index (χ1) is 9.63. The Morgan fingerprint density at radius 1 is 1.15 bits per heavy atom. The van der Waals surface area contributed by atoms with Gasteiger partial charge >= 0.3 is 0 Å². The van der Waals surface area contributed by atoms with E-state index in [-0.39, 0.29) is 11.6 Å². The van der Waals surface area contributed by atoms with E-state index < -0.39 is 0 Å². The molecule has 0 N–H and O–H groups in total. The van der Waals surface area contributed by atoms with E-state index in [1.165, 1.54) is 12.1 Å². The van der Waals surface area contributed by atoms with Crippen molar-refractivity contribution < 1.29 is 9.18 Å². The number of hydrogen-bond acceptors (Lipinski definition) is 3. The number of benzene rings is 1. The molecule has 1 aromatic carbocycles. The van der Waals surface area contributed by atoms with E-state index in [2.05, 4.69) is 9.97 Å². The maximum absolute atomic E-state index is 13.5. The zero-order chi connectivity index (χ0) is 14.1. The largest absolute Gasteiger partial charge is 0.294 e. The predicted octanol–water partition coefficient (Wildman–Crippen LogP) is 3.50. The van der Waals surface area contributed by atoms with Gasteiger partial charge in [0.15, 0.2) is 11.6 Å². The number of aromatic nitrogens is 2. The van der Waals surface area contributed by atoms with E-state index in [9.17, 15) is 9.18 Å². The molecular formula is C16H15FN2O. The molecule has 0 atom stereocenters. The number of rotatable bonds is 1. The van der Waals surface area contributed by atoms with Gasteiger partial charge in [0.1, 0.15) is 5.82 Å². The van der Waals surface area contributed by atoms with Gasteiger partial charge in [0.2, 0.25) is 0 Å². The van der Waals surface area contributed by atoms with Crippen LogP contribution in [0.15, 0.2) is 24.4 Å². The average molecular weight is 270 g/mol. The van der Waals surface area contributed by atoms with Gasteiger partial charge in [-0.2, -0.15) is 0 Å². The van der Waals surface area contributed by atoms with Gasteiger partial charge in [0.25, 0.3) is 0 Å². The number of Topliss-reactive ketones (excluding diaryl/α,β-unsaturated/α-hetero) is 1. The first-order valence-corrected chi connectivity index (χ1v) is 6.80. The van der Waals surface area contributed by atoms with Crippen molar-refractivity contribution in [3.8, 4) is 11.4 Å². The van der Waals surface area contributed by atoms with E-state index in [0.717, 1.165) is 30.5 Å². The maximum atomic E-state index is 13.5. The van der Waals surface area contributed by atoms with E-state index in [0.29, 0.717) is 23.4 Å². The molecule has 1 aliphatic carbocycles. The van der Waals surface area contributed by atoms with Crippen LogP contribution >= 0.6 is 0 Å². The molecule has 0 bridgehead atoms. The number of carbonyl (C=O) groups is 1. The molecule has 0 saturated carbocycles. The fourth-order valence-electron chi connectivity index (χ4n) is 2.56. The van der Waals surface area contributed by atoms with Crippen LogP contribution in [0.2, 0.25) is 0 Å². The number of halogens is 1. The lowest BCUT2D eigenvalue weighted by Gasteiger charge is -2.07. The Balaban J connectivity index is 2.07. The first kappa shape index (κ1) is 12.9.